The summed E-state index contributed by atoms with van der Waals surface area (Å²) in [5.74, 6) is 0. The molecule has 82 valence electrons. The summed E-state index contributed by atoms with van der Waals surface area (Å²) < 4.78 is 2.15. The topological polar surface area (TPSA) is 34.0 Å². The van der Waals surface area contributed by atoms with E-state index >= 15 is 0 Å². The van der Waals surface area contributed by atoms with Crippen LogP contribution in [0.15, 0.2) is 24.3 Å². The van der Waals surface area contributed by atoms with E-state index in [9.17, 15) is 4.79 Å². The molecule has 1 aliphatic heterocycles. The summed E-state index contributed by atoms with van der Waals surface area (Å²) in [7, 11) is 0. The van der Waals surface area contributed by atoms with Gasteiger partial charge in [-0.3, -0.25) is 0 Å². The molecule has 3 heteroatoms. The van der Waals surface area contributed by atoms with Gasteiger partial charge in [-0.15, -0.1) is 0 Å². The molecule has 2 heterocycles. The van der Waals surface area contributed by atoms with Gasteiger partial charge < -0.3 is 14.7 Å². The van der Waals surface area contributed by atoms with Crippen LogP contribution in [0.2, 0.25) is 0 Å². The van der Waals surface area contributed by atoms with E-state index < -0.39 is 0 Å². The van der Waals surface area contributed by atoms with Crippen LogP contribution < -0.4 is 5.32 Å². The van der Waals surface area contributed by atoms with Crippen LogP contribution in [0.4, 0.5) is 0 Å². The van der Waals surface area contributed by atoms with Crippen molar-refractivity contribution in [2.75, 3.05) is 6.54 Å². The quantitative estimate of drug-likeness (QED) is 0.768. The van der Waals surface area contributed by atoms with E-state index in [1.807, 2.05) is 6.07 Å². The molecule has 2 aromatic rings. The normalized spacial score (nSPS) is 15.0. The summed E-state index contributed by atoms with van der Waals surface area (Å²) in [5.41, 5.74) is 3.87. The highest BCUT2D eigenvalue weighted by atomic mass is 16.1. The lowest BCUT2D eigenvalue weighted by molar-refractivity contribution is -0.108. The molecule has 0 amide bonds. The third kappa shape index (κ3) is 1.28. The van der Waals surface area contributed by atoms with Crippen LogP contribution in [-0.4, -0.2) is 17.4 Å². The highest BCUT2D eigenvalue weighted by molar-refractivity contribution is 5.86. The number of nitrogens with one attached hydrogen (secondary N) is 1. The van der Waals surface area contributed by atoms with E-state index in [1.165, 1.54) is 22.2 Å². The van der Waals surface area contributed by atoms with Gasteiger partial charge in [-0.05, 0) is 11.6 Å². The highest BCUT2D eigenvalue weighted by Crippen LogP contribution is 2.27. The van der Waals surface area contributed by atoms with Crippen molar-refractivity contribution in [3.8, 4) is 0 Å². The van der Waals surface area contributed by atoms with Gasteiger partial charge in [0.25, 0.3) is 0 Å². The first-order valence-electron chi connectivity index (χ1n) is 5.65. The van der Waals surface area contributed by atoms with Crippen LogP contribution in [0.3, 0.4) is 0 Å². The van der Waals surface area contributed by atoms with Gasteiger partial charge in [0.15, 0.2) is 0 Å². The van der Waals surface area contributed by atoms with Gasteiger partial charge in [0, 0.05) is 36.1 Å². The smallest absolute Gasteiger partial charge is 0.139 e. The summed E-state index contributed by atoms with van der Waals surface area (Å²) in [4.78, 5) is 10.8. The second-order valence-corrected chi connectivity index (χ2v) is 4.15. The molecular weight excluding hydrogens is 200 g/mol. The third-order valence-corrected chi connectivity index (χ3v) is 3.29. The first-order chi connectivity index (χ1) is 7.92. The molecule has 0 unspecified atom stereocenters. The Morgan fingerprint density at radius 2 is 2.25 bits per heavy atom. The predicted octanol–water partition coefficient (Wildman–Crippen LogP) is 1.49. The minimum Gasteiger partial charge on any atom is -0.337 e. The van der Waals surface area contributed by atoms with Crippen LogP contribution in [0.1, 0.15) is 11.3 Å². The van der Waals surface area contributed by atoms with Gasteiger partial charge in [-0.1, -0.05) is 18.2 Å². The van der Waals surface area contributed by atoms with Crippen molar-refractivity contribution >= 4 is 17.2 Å². The van der Waals surface area contributed by atoms with Gasteiger partial charge in [0.2, 0.25) is 0 Å². The van der Waals surface area contributed by atoms with Gasteiger partial charge in [-0.25, -0.2) is 0 Å². The molecule has 0 aliphatic carbocycles. The molecule has 3 rings (SSSR count). The summed E-state index contributed by atoms with van der Waals surface area (Å²) in [6, 6.07) is 8.32. The molecule has 0 saturated carbocycles. The Labute approximate surface area is 94.1 Å². The van der Waals surface area contributed by atoms with Gasteiger partial charge in [-0.2, -0.15) is 0 Å². The Bertz CT molecular complexity index is 542. The number of carbonyl (C=O) groups excluding carboxylic acids is 1. The molecule has 3 nitrogen and oxygen atoms in total. The molecule has 1 aromatic heterocycles. The van der Waals surface area contributed by atoms with Crippen molar-refractivity contribution in [1.29, 1.82) is 0 Å². The Morgan fingerprint density at radius 3 is 3.12 bits per heavy atom. The number of carbonyl (C=O) groups is 1. The molecule has 1 aromatic carbocycles. The van der Waals surface area contributed by atoms with Crippen molar-refractivity contribution in [3.05, 3.63) is 35.5 Å². The lowest BCUT2D eigenvalue weighted by atomic mass is 10.1. The fourth-order valence-electron chi connectivity index (χ4n) is 2.61. The minimum atomic E-state index is 0.468. The van der Waals surface area contributed by atoms with E-state index in [-0.39, 0.29) is 0 Å². The van der Waals surface area contributed by atoms with E-state index in [1.54, 1.807) is 0 Å². The molecule has 0 saturated heterocycles. The number of hydrogen-bond acceptors (Lipinski definition) is 2. The van der Waals surface area contributed by atoms with Gasteiger partial charge in [0.1, 0.15) is 6.29 Å². The lowest BCUT2D eigenvalue weighted by Crippen LogP contribution is -2.24. The van der Waals surface area contributed by atoms with Crippen LogP contribution in [-0.2, 0) is 24.3 Å². The SMILES string of the molecule is O=CCn1c2c(c3ccccc31)CNCC2. The highest BCUT2D eigenvalue weighted by Gasteiger charge is 2.18. The molecule has 0 bridgehead atoms. The predicted molar refractivity (Wildman–Crippen MR) is 63.4 cm³/mol. The molecule has 0 spiro atoms. The van der Waals surface area contributed by atoms with Gasteiger partial charge in [0.05, 0.1) is 6.54 Å². The zero-order valence-electron chi connectivity index (χ0n) is 9.07. The summed E-state index contributed by atoms with van der Waals surface area (Å²) in [6.45, 7) is 2.39. The van der Waals surface area contributed by atoms with Crippen molar-refractivity contribution in [2.24, 2.45) is 0 Å². The zero-order valence-corrected chi connectivity index (χ0v) is 9.07. The van der Waals surface area contributed by atoms with Crippen molar-refractivity contribution in [3.63, 3.8) is 0 Å². The first kappa shape index (κ1) is 9.60. The van der Waals surface area contributed by atoms with E-state index in [4.69, 9.17) is 0 Å². The number of hydrogen-bond donors (Lipinski definition) is 1. The lowest BCUT2D eigenvalue weighted by Gasteiger charge is -2.15. The van der Waals surface area contributed by atoms with Gasteiger partial charge >= 0.3 is 0 Å². The van der Waals surface area contributed by atoms with Crippen LogP contribution in [0.5, 0.6) is 0 Å². The average molecular weight is 214 g/mol. The number of para-hydroxylation sites is 1. The number of fused-ring (bicyclic) bond motifs is 3. The Morgan fingerprint density at radius 1 is 1.38 bits per heavy atom. The van der Waals surface area contributed by atoms with Crippen molar-refractivity contribution in [1.82, 2.24) is 9.88 Å². The second kappa shape index (κ2) is 3.76. The fraction of sp³-hybridized carbons (Fsp3) is 0.308. The molecule has 1 N–H and O–H groups in total. The summed E-state index contributed by atoms with van der Waals surface area (Å²) >= 11 is 0. The second-order valence-electron chi connectivity index (χ2n) is 4.15. The van der Waals surface area contributed by atoms with Crippen molar-refractivity contribution in [2.45, 2.75) is 19.5 Å². The van der Waals surface area contributed by atoms with Crippen LogP contribution >= 0.6 is 0 Å². The third-order valence-electron chi connectivity index (χ3n) is 3.29. The minimum absolute atomic E-state index is 0.468. The zero-order chi connectivity index (χ0) is 11.0. The maximum absolute atomic E-state index is 10.8. The summed E-state index contributed by atoms with van der Waals surface area (Å²) in [5, 5.41) is 4.67. The monoisotopic (exact) mass is 214 g/mol. The molecular formula is C13H14N2O. The molecule has 0 radical (unpaired) electrons. The summed E-state index contributed by atoms with van der Waals surface area (Å²) in [6.07, 6.45) is 1.99. The van der Waals surface area contributed by atoms with E-state index in [2.05, 4.69) is 28.1 Å². The molecule has 1 aliphatic rings. The average Bonchev–Trinajstić information content (AvgIpc) is 2.66. The van der Waals surface area contributed by atoms with E-state index in [0.717, 1.165) is 25.8 Å². The Kier molecular flexibility index (Phi) is 2.26. The number of rotatable bonds is 2. The van der Waals surface area contributed by atoms with Crippen LogP contribution in [0, 0.1) is 0 Å². The molecule has 16 heavy (non-hydrogen) atoms. The largest absolute Gasteiger partial charge is 0.337 e. The number of aromatic nitrogens is 1. The maximum atomic E-state index is 10.8. The first-order valence-corrected chi connectivity index (χ1v) is 5.65. The molecule has 0 fully saturated rings. The number of aldehydes is 1. The Balaban J connectivity index is 2.32. The number of nitrogens with zero attached hydrogens (tertiary/aromatic N) is 1. The Hall–Kier alpha value is -1.61. The standard InChI is InChI=1S/C13H14N2O/c16-8-7-15-12-4-2-1-3-10(12)11-9-14-6-5-13(11)15/h1-4,8,14H,5-7,9H2. The fourth-order valence-corrected chi connectivity index (χ4v) is 2.61. The van der Waals surface area contributed by atoms with Crippen molar-refractivity contribution < 1.29 is 4.79 Å². The van der Waals surface area contributed by atoms with Crippen LogP contribution in [0.25, 0.3) is 10.9 Å². The van der Waals surface area contributed by atoms with E-state index in [0.29, 0.717) is 6.54 Å². The number of benzene rings is 1. The maximum Gasteiger partial charge on any atom is 0.139 e. The molecule has 0 atom stereocenters.